The summed E-state index contributed by atoms with van der Waals surface area (Å²) in [5, 5.41) is 9.95. The molecule has 0 aromatic carbocycles. The molecule has 1 fully saturated rings. The van der Waals surface area contributed by atoms with Crippen LogP contribution in [0.2, 0.25) is 0 Å². The van der Waals surface area contributed by atoms with Crippen molar-refractivity contribution < 1.29 is 56.3 Å². The minimum Gasteiger partial charge on any atom is -0.790 e. The zero-order chi connectivity index (χ0) is 22.5. The van der Waals surface area contributed by atoms with Crippen molar-refractivity contribution >= 4 is 40.6 Å². The van der Waals surface area contributed by atoms with Gasteiger partial charge in [-0.25, -0.2) is 9.29 Å². The molecule has 21 heteroatoms. The van der Waals surface area contributed by atoms with Crippen LogP contribution in [0.4, 0.5) is 5.95 Å². The van der Waals surface area contributed by atoms with E-state index in [0.717, 1.165) is 10.9 Å². The Hall–Kier alpha value is -1.52. The monoisotopic (exact) mass is 489 g/mol. The van der Waals surface area contributed by atoms with E-state index in [1.807, 2.05) is 0 Å². The molecule has 1 aliphatic rings. The minimum absolute atomic E-state index is 0.0743. The first-order valence-electron chi connectivity index (χ1n) is 7.47. The molecule has 2 aromatic heterocycles. The molecule has 4 N–H and O–H groups in total. The Morgan fingerprint density at radius 3 is 2.53 bits per heavy atom. The van der Waals surface area contributed by atoms with Gasteiger partial charge in [-0.1, -0.05) is 0 Å². The molecular formula is C9H10N5O13P3-4. The van der Waals surface area contributed by atoms with Crippen LogP contribution in [0.15, 0.2) is 11.1 Å². The van der Waals surface area contributed by atoms with E-state index in [1.54, 1.807) is 0 Å². The molecule has 3 heterocycles. The minimum atomic E-state index is -6.17. The lowest BCUT2D eigenvalue weighted by molar-refractivity contribution is -0.339. The number of aromatic amines is 1. The quantitative estimate of drug-likeness (QED) is 0.313. The first-order chi connectivity index (χ1) is 13.7. The van der Waals surface area contributed by atoms with Crippen molar-refractivity contribution in [3.05, 3.63) is 16.7 Å². The second-order valence-corrected chi connectivity index (χ2v) is 9.85. The van der Waals surface area contributed by atoms with Gasteiger partial charge in [0.05, 0.1) is 14.2 Å². The van der Waals surface area contributed by atoms with E-state index >= 15 is 0 Å². The summed E-state index contributed by atoms with van der Waals surface area (Å²) in [5.74, 6) is -0.265. The van der Waals surface area contributed by atoms with Gasteiger partial charge < -0.3 is 39.7 Å². The molecule has 0 saturated carbocycles. The maximum Gasteiger partial charge on any atom is 0.280 e. The van der Waals surface area contributed by atoms with Crippen molar-refractivity contribution in [1.82, 2.24) is 19.5 Å². The first kappa shape index (κ1) is 23.1. The molecule has 168 valence electrons. The lowest BCUT2D eigenvalue weighted by atomic mass is 10.3. The summed E-state index contributed by atoms with van der Waals surface area (Å²) >= 11 is 0. The molecule has 18 nitrogen and oxygen atoms in total. The van der Waals surface area contributed by atoms with Crippen molar-refractivity contribution in [3.8, 4) is 0 Å². The topological polar surface area (TPSA) is 290 Å². The van der Waals surface area contributed by atoms with E-state index in [0.29, 0.717) is 0 Å². The number of H-pyrrole nitrogens is 1. The molecular weight excluding hydrogens is 479 g/mol. The van der Waals surface area contributed by atoms with Gasteiger partial charge in [-0.2, -0.15) is 4.98 Å². The van der Waals surface area contributed by atoms with Crippen molar-refractivity contribution in [2.24, 2.45) is 0 Å². The Labute approximate surface area is 164 Å². The summed E-state index contributed by atoms with van der Waals surface area (Å²) < 4.78 is 50.1. The molecule has 3 rings (SSSR count). The van der Waals surface area contributed by atoms with Crippen LogP contribution >= 0.6 is 23.5 Å². The van der Waals surface area contributed by atoms with Gasteiger partial charge in [0.25, 0.3) is 21.2 Å². The summed E-state index contributed by atoms with van der Waals surface area (Å²) in [6.45, 7) is 0. The van der Waals surface area contributed by atoms with Crippen molar-refractivity contribution in [3.63, 3.8) is 0 Å². The number of nitrogens with zero attached hydrogens (tertiary/aromatic N) is 3. The number of phosphoric acid groups is 3. The number of anilines is 1. The maximum atomic E-state index is 11.8. The SMILES string of the molecule is Nc1nc2c(ncn2[C@H]2CC(O)[C@@H](OP(=O)([O-])OP(=O)([O-])OP(=O)([O-])[O-])O2)c(=O)[nH]1. The average molecular weight is 489 g/mol. The van der Waals surface area contributed by atoms with Crippen molar-refractivity contribution in [2.45, 2.75) is 25.0 Å². The highest BCUT2D eigenvalue weighted by Gasteiger charge is 2.40. The molecule has 1 saturated heterocycles. The molecule has 2 aromatic rings. The second kappa shape index (κ2) is 7.87. The number of imidazole rings is 1. The number of ether oxygens (including phenoxy) is 1. The third-order valence-corrected chi connectivity index (χ3v) is 7.11. The summed E-state index contributed by atoms with van der Waals surface area (Å²) in [4.78, 5) is 65.1. The van der Waals surface area contributed by atoms with Gasteiger partial charge in [-0.05, 0) is 0 Å². The Morgan fingerprint density at radius 1 is 1.23 bits per heavy atom. The lowest BCUT2D eigenvalue weighted by Gasteiger charge is -2.38. The van der Waals surface area contributed by atoms with E-state index < -0.39 is 47.6 Å². The van der Waals surface area contributed by atoms with Gasteiger partial charge in [0.2, 0.25) is 5.95 Å². The van der Waals surface area contributed by atoms with Crippen LogP contribution in [-0.4, -0.2) is 37.0 Å². The van der Waals surface area contributed by atoms with Crippen LogP contribution in [0.1, 0.15) is 12.6 Å². The highest BCUT2D eigenvalue weighted by molar-refractivity contribution is 7.64. The smallest absolute Gasteiger partial charge is 0.280 e. The number of aliphatic hydroxyl groups excluding tert-OH is 1. The highest BCUT2D eigenvalue weighted by atomic mass is 31.3. The van der Waals surface area contributed by atoms with Gasteiger partial charge in [-0.3, -0.25) is 32.3 Å². The van der Waals surface area contributed by atoms with Gasteiger partial charge in [0.1, 0.15) is 12.3 Å². The molecule has 5 atom stereocenters. The molecule has 1 aliphatic heterocycles. The Balaban J connectivity index is 1.76. The fraction of sp³-hybridized carbons (Fsp3) is 0.444. The van der Waals surface area contributed by atoms with E-state index in [9.17, 15) is 43.2 Å². The number of nitrogen functional groups attached to an aromatic ring is 1. The molecule has 0 aliphatic carbocycles. The highest BCUT2D eigenvalue weighted by Crippen LogP contribution is 2.61. The van der Waals surface area contributed by atoms with Crippen LogP contribution in [0.3, 0.4) is 0 Å². The number of aliphatic hydroxyl groups is 1. The normalized spacial score (nSPS) is 26.5. The van der Waals surface area contributed by atoms with Crippen molar-refractivity contribution in [1.29, 1.82) is 0 Å². The van der Waals surface area contributed by atoms with E-state index in [-0.39, 0.29) is 23.5 Å². The first-order valence-corrected chi connectivity index (χ1v) is 11.8. The number of nitrogens with two attached hydrogens (primary N) is 1. The van der Waals surface area contributed by atoms with Crippen LogP contribution in [0.25, 0.3) is 11.2 Å². The zero-order valence-electron chi connectivity index (χ0n) is 14.1. The largest absolute Gasteiger partial charge is 0.790 e. The fourth-order valence-corrected chi connectivity index (χ4v) is 5.40. The van der Waals surface area contributed by atoms with E-state index in [4.69, 9.17) is 10.5 Å². The standard InChI is InChI=1S/C9H14N5O13P3/c10-9-12-6-5(7(16)13-9)11-2-14(6)4-1-3(15)8(24-4)25-29(20,21)27-30(22,23)26-28(17,18)19/h2-4,8,15H,1H2,(H,20,21)(H,22,23)(H2,17,18,19)(H3,10,12,13,16)/p-4/t3?,4-,8-/m1/s1. The number of rotatable bonds is 7. The summed E-state index contributed by atoms with van der Waals surface area (Å²) in [7, 11) is -18.2. The van der Waals surface area contributed by atoms with Crippen LogP contribution in [-0.2, 0) is 31.6 Å². The molecule has 30 heavy (non-hydrogen) atoms. The third kappa shape index (κ3) is 5.39. The van der Waals surface area contributed by atoms with Crippen LogP contribution in [0.5, 0.6) is 0 Å². The average Bonchev–Trinajstić information content (AvgIpc) is 3.07. The number of fused-ring (bicyclic) bond motifs is 1. The van der Waals surface area contributed by atoms with E-state index in [1.165, 1.54) is 0 Å². The Kier molecular flexibility index (Phi) is 6.07. The molecule has 0 amide bonds. The fourth-order valence-electron chi connectivity index (χ4n) is 2.45. The van der Waals surface area contributed by atoms with Crippen LogP contribution < -0.4 is 30.9 Å². The molecule has 3 unspecified atom stereocenters. The third-order valence-electron chi connectivity index (χ3n) is 3.44. The number of hydrogen-bond acceptors (Lipinski definition) is 16. The maximum absolute atomic E-state index is 11.8. The number of aromatic nitrogens is 4. The predicted molar refractivity (Wildman–Crippen MR) is 83.2 cm³/mol. The zero-order valence-corrected chi connectivity index (χ0v) is 16.8. The molecule has 0 bridgehead atoms. The number of nitrogens with one attached hydrogen (secondary N) is 1. The van der Waals surface area contributed by atoms with Gasteiger partial charge in [-0.15, -0.1) is 0 Å². The van der Waals surface area contributed by atoms with Crippen LogP contribution in [0, 0.1) is 0 Å². The Bertz CT molecular complexity index is 1160. The summed E-state index contributed by atoms with van der Waals surface area (Å²) in [6.07, 6.45) is -4.15. The summed E-state index contributed by atoms with van der Waals surface area (Å²) in [6, 6.07) is 0. The predicted octanol–water partition coefficient (Wildman–Crippen LogP) is -3.88. The van der Waals surface area contributed by atoms with Gasteiger partial charge in [0.15, 0.2) is 17.5 Å². The lowest BCUT2D eigenvalue weighted by Crippen LogP contribution is -2.27. The van der Waals surface area contributed by atoms with E-state index in [2.05, 4.69) is 28.1 Å². The number of phosphoric ester groups is 1. The number of hydrogen-bond donors (Lipinski definition) is 3. The Morgan fingerprint density at radius 2 is 1.90 bits per heavy atom. The van der Waals surface area contributed by atoms with Crippen molar-refractivity contribution in [2.75, 3.05) is 5.73 Å². The van der Waals surface area contributed by atoms with Gasteiger partial charge in [0, 0.05) is 6.42 Å². The second-order valence-electron chi connectivity index (χ2n) is 5.65. The molecule has 0 spiro atoms. The molecule has 0 radical (unpaired) electrons. The van der Waals surface area contributed by atoms with Gasteiger partial charge >= 0.3 is 0 Å². The summed E-state index contributed by atoms with van der Waals surface area (Å²) in [5.41, 5.74) is 4.54.